The monoisotopic (exact) mass is 505 g/mol. The lowest BCUT2D eigenvalue weighted by Gasteiger charge is -2.29. The van der Waals surface area contributed by atoms with Crippen LogP contribution in [-0.4, -0.2) is 43.9 Å². The van der Waals surface area contributed by atoms with E-state index in [0.29, 0.717) is 6.61 Å². The molecule has 0 fully saturated rings. The first-order valence-corrected chi connectivity index (χ1v) is 10.4. The number of hydrogen-bond acceptors (Lipinski definition) is 3. The molecule has 1 rings (SSSR count). The molecule has 0 aliphatic rings. The molecule has 1 aromatic carbocycles. The molecule has 1 aromatic rings. The maximum Gasteiger partial charge on any atom is 0.191 e. The molecule has 0 saturated heterocycles. The Morgan fingerprint density at radius 3 is 2.39 bits per heavy atom. The van der Waals surface area contributed by atoms with Crippen molar-refractivity contribution in [2.24, 2.45) is 10.4 Å². The van der Waals surface area contributed by atoms with Gasteiger partial charge in [0.25, 0.3) is 0 Å². The molecule has 0 unspecified atom stereocenters. The zero-order valence-electron chi connectivity index (χ0n) is 17.9. The fourth-order valence-electron chi connectivity index (χ4n) is 3.03. The molecule has 0 aliphatic heterocycles. The maximum absolute atomic E-state index is 9.36. The minimum atomic E-state index is 0. The zero-order valence-corrected chi connectivity index (χ0v) is 20.2. The van der Waals surface area contributed by atoms with Crippen molar-refractivity contribution in [2.75, 3.05) is 32.8 Å². The maximum atomic E-state index is 9.36. The lowest BCUT2D eigenvalue weighted by atomic mass is 9.79. The first kappa shape index (κ1) is 27.1. The Bertz CT molecular complexity index is 508. The summed E-state index contributed by atoms with van der Waals surface area (Å²) in [5, 5.41) is 16.1. The molecule has 0 saturated carbocycles. The Kier molecular flexibility index (Phi) is 16.5. The first-order chi connectivity index (χ1) is 13.2. The fraction of sp³-hybridized carbons (Fsp3) is 0.682. The van der Waals surface area contributed by atoms with Gasteiger partial charge >= 0.3 is 0 Å². The van der Waals surface area contributed by atoms with Crippen LogP contribution in [0.15, 0.2) is 35.3 Å². The van der Waals surface area contributed by atoms with Gasteiger partial charge in [-0.3, -0.25) is 4.99 Å². The minimum Gasteiger partial charge on any atom is -0.396 e. The van der Waals surface area contributed by atoms with Crippen LogP contribution >= 0.6 is 24.0 Å². The summed E-state index contributed by atoms with van der Waals surface area (Å²) >= 11 is 0. The van der Waals surface area contributed by atoms with Gasteiger partial charge < -0.3 is 20.5 Å². The summed E-state index contributed by atoms with van der Waals surface area (Å²) in [6.45, 7) is 10.6. The van der Waals surface area contributed by atoms with Crippen LogP contribution in [0, 0.1) is 5.41 Å². The Morgan fingerprint density at radius 2 is 1.79 bits per heavy atom. The van der Waals surface area contributed by atoms with Gasteiger partial charge in [0.1, 0.15) is 0 Å². The zero-order chi connectivity index (χ0) is 19.8. The fourth-order valence-corrected chi connectivity index (χ4v) is 3.03. The molecular weight excluding hydrogens is 465 g/mol. The lowest BCUT2D eigenvalue weighted by molar-refractivity contribution is 0.117. The van der Waals surface area contributed by atoms with Crippen LogP contribution in [0.3, 0.4) is 0 Å². The van der Waals surface area contributed by atoms with Crippen LogP contribution in [0.5, 0.6) is 0 Å². The largest absolute Gasteiger partial charge is 0.396 e. The van der Waals surface area contributed by atoms with Crippen LogP contribution in [0.2, 0.25) is 0 Å². The van der Waals surface area contributed by atoms with E-state index in [1.807, 2.05) is 18.2 Å². The summed E-state index contributed by atoms with van der Waals surface area (Å²) in [5.41, 5.74) is 1.32. The van der Waals surface area contributed by atoms with Crippen molar-refractivity contribution in [1.82, 2.24) is 10.6 Å². The van der Waals surface area contributed by atoms with Crippen molar-refractivity contribution < 1.29 is 9.84 Å². The van der Waals surface area contributed by atoms with E-state index in [-0.39, 0.29) is 36.0 Å². The molecule has 0 amide bonds. The molecule has 162 valence electrons. The molecule has 5 nitrogen and oxygen atoms in total. The van der Waals surface area contributed by atoms with Gasteiger partial charge in [-0.1, -0.05) is 44.2 Å². The van der Waals surface area contributed by atoms with E-state index in [1.54, 1.807) is 0 Å². The van der Waals surface area contributed by atoms with E-state index in [2.05, 4.69) is 43.5 Å². The number of nitrogens with one attached hydrogen (secondary N) is 2. The number of halogens is 1. The predicted octanol–water partition coefficient (Wildman–Crippen LogP) is 4.35. The second-order valence-electron chi connectivity index (χ2n) is 7.05. The van der Waals surface area contributed by atoms with Crippen LogP contribution in [0.4, 0.5) is 0 Å². The molecule has 0 spiro atoms. The van der Waals surface area contributed by atoms with E-state index in [0.717, 1.165) is 64.3 Å². The summed E-state index contributed by atoms with van der Waals surface area (Å²) in [6.07, 6.45) is 4.94. The van der Waals surface area contributed by atoms with Crippen molar-refractivity contribution in [3.05, 3.63) is 35.9 Å². The third-order valence-electron chi connectivity index (χ3n) is 5.18. The highest BCUT2D eigenvalue weighted by Gasteiger charge is 2.25. The standard InChI is InChI=1S/C22H39N3O2.HI/c1-4-22(5-2,14-16-26)19-25-21(23-6-3)24-15-10-11-17-27-18-20-12-8-7-9-13-20;/h7-9,12-13,26H,4-6,10-11,14-19H2,1-3H3,(H2,23,24,25);1H. The Morgan fingerprint density at radius 1 is 1.07 bits per heavy atom. The van der Waals surface area contributed by atoms with E-state index in [4.69, 9.17) is 9.73 Å². The van der Waals surface area contributed by atoms with E-state index < -0.39 is 0 Å². The van der Waals surface area contributed by atoms with Crippen LogP contribution in [-0.2, 0) is 11.3 Å². The third-order valence-corrected chi connectivity index (χ3v) is 5.18. The van der Waals surface area contributed by atoms with Gasteiger partial charge in [-0.2, -0.15) is 0 Å². The van der Waals surface area contributed by atoms with Crippen molar-refractivity contribution in [1.29, 1.82) is 0 Å². The Labute approximate surface area is 188 Å². The van der Waals surface area contributed by atoms with E-state index >= 15 is 0 Å². The number of ether oxygens (including phenoxy) is 1. The SMILES string of the molecule is CCNC(=NCC(CC)(CC)CCO)NCCCCOCc1ccccc1.I. The van der Waals surface area contributed by atoms with Crippen molar-refractivity contribution in [3.8, 4) is 0 Å². The molecular formula is C22H40IN3O2. The highest BCUT2D eigenvalue weighted by Crippen LogP contribution is 2.30. The van der Waals surface area contributed by atoms with Gasteiger partial charge in [-0.15, -0.1) is 24.0 Å². The molecule has 0 bridgehead atoms. The summed E-state index contributed by atoms with van der Waals surface area (Å²) in [5.74, 6) is 0.868. The molecule has 3 N–H and O–H groups in total. The van der Waals surface area contributed by atoms with E-state index in [1.165, 1.54) is 5.56 Å². The number of nitrogens with zero attached hydrogens (tertiary/aromatic N) is 1. The molecule has 0 aromatic heterocycles. The number of aliphatic hydroxyl groups excluding tert-OH is 1. The number of benzene rings is 1. The molecule has 0 aliphatic carbocycles. The Hall–Kier alpha value is -0.860. The third kappa shape index (κ3) is 11.2. The van der Waals surface area contributed by atoms with Crippen molar-refractivity contribution in [3.63, 3.8) is 0 Å². The molecule has 0 heterocycles. The predicted molar refractivity (Wildman–Crippen MR) is 129 cm³/mol. The van der Waals surface area contributed by atoms with Gasteiger partial charge in [0.15, 0.2) is 5.96 Å². The second kappa shape index (κ2) is 17.0. The summed E-state index contributed by atoms with van der Waals surface area (Å²) in [6, 6.07) is 10.3. The molecule has 6 heteroatoms. The first-order valence-electron chi connectivity index (χ1n) is 10.4. The summed E-state index contributed by atoms with van der Waals surface area (Å²) < 4.78 is 5.73. The summed E-state index contributed by atoms with van der Waals surface area (Å²) in [4.78, 5) is 4.77. The number of rotatable bonds is 14. The minimum absolute atomic E-state index is 0. The highest BCUT2D eigenvalue weighted by atomic mass is 127. The van der Waals surface area contributed by atoms with Gasteiger partial charge in [-0.25, -0.2) is 0 Å². The number of guanidine groups is 1. The average molecular weight is 505 g/mol. The lowest BCUT2D eigenvalue weighted by Crippen LogP contribution is -2.39. The second-order valence-corrected chi connectivity index (χ2v) is 7.05. The van der Waals surface area contributed by atoms with Crippen molar-refractivity contribution >= 4 is 29.9 Å². The molecule has 0 atom stereocenters. The molecule has 0 radical (unpaired) electrons. The van der Waals surface area contributed by atoms with Gasteiger partial charge in [0.2, 0.25) is 0 Å². The van der Waals surface area contributed by atoms with Crippen LogP contribution in [0.25, 0.3) is 0 Å². The topological polar surface area (TPSA) is 65.9 Å². The van der Waals surface area contributed by atoms with Gasteiger partial charge in [0.05, 0.1) is 6.61 Å². The van der Waals surface area contributed by atoms with Crippen LogP contribution in [0.1, 0.15) is 58.4 Å². The van der Waals surface area contributed by atoms with Gasteiger partial charge in [0, 0.05) is 32.8 Å². The van der Waals surface area contributed by atoms with Crippen molar-refractivity contribution in [2.45, 2.75) is 59.5 Å². The normalized spacial score (nSPS) is 11.8. The smallest absolute Gasteiger partial charge is 0.191 e. The van der Waals surface area contributed by atoms with E-state index in [9.17, 15) is 5.11 Å². The van der Waals surface area contributed by atoms with Crippen LogP contribution < -0.4 is 10.6 Å². The number of unbranched alkanes of at least 4 members (excludes halogenated alkanes) is 1. The molecule has 28 heavy (non-hydrogen) atoms. The highest BCUT2D eigenvalue weighted by molar-refractivity contribution is 14.0. The summed E-state index contributed by atoms with van der Waals surface area (Å²) in [7, 11) is 0. The quantitative estimate of drug-likeness (QED) is 0.152. The number of hydrogen-bond donors (Lipinski definition) is 3. The number of aliphatic hydroxyl groups is 1. The Balaban J connectivity index is 0.00000729. The number of aliphatic imine (C=N–C) groups is 1. The van der Waals surface area contributed by atoms with Gasteiger partial charge in [-0.05, 0) is 50.0 Å². The average Bonchev–Trinajstić information content (AvgIpc) is 2.71.